The van der Waals surface area contributed by atoms with E-state index in [1.54, 1.807) is 19.6 Å². The summed E-state index contributed by atoms with van der Waals surface area (Å²) < 4.78 is 0. The maximum Gasteiger partial charge on any atom is 0.0885 e. The van der Waals surface area contributed by atoms with Crippen LogP contribution in [0.1, 0.15) is 19.8 Å². The Bertz CT molecular complexity index is 108. The standard InChI is InChI=1S/C8H16N2/c1-4-6-7-10(5-2)8-9-3/h5,8H,2,4,6-7H2,1,3H3. The molecular formula is C8H16N2. The molecule has 58 valence electrons. The average molecular weight is 140 g/mol. The molecule has 0 unspecified atom stereocenters. The first-order valence-corrected chi connectivity index (χ1v) is 3.65. The molecule has 0 aromatic rings. The lowest BCUT2D eigenvalue weighted by atomic mass is 10.3. The predicted molar refractivity (Wildman–Crippen MR) is 46.2 cm³/mol. The highest BCUT2D eigenvalue weighted by atomic mass is 15.1. The van der Waals surface area contributed by atoms with Crippen LogP contribution < -0.4 is 0 Å². The van der Waals surface area contributed by atoms with Crippen LogP contribution in [0, 0.1) is 0 Å². The van der Waals surface area contributed by atoms with E-state index in [1.165, 1.54) is 12.8 Å². The highest BCUT2D eigenvalue weighted by molar-refractivity contribution is 5.55. The molecule has 0 rings (SSSR count). The van der Waals surface area contributed by atoms with Crippen LogP contribution in [0.15, 0.2) is 17.8 Å². The van der Waals surface area contributed by atoms with Crippen molar-refractivity contribution >= 4 is 6.34 Å². The molecule has 0 fully saturated rings. The molecule has 0 aliphatic heterocycles. The number of nitrogens with zero attached hydrogens (tertiary/aromatic N) is 2. The Morgan fingerprint density at radius 1 is 1.60 bits per heavy atom. The van der Waals surface area contributed by atoms with Crippen LogP contribution in [0.2, 0.25) is 0 Å². The van der Waals surface area contributed by atoms with Crippen molar-refractivity contribution in [3.63, 3.8) is 0 Å². The van der Waals surface area contributed by atoms with Crippen LogP contribution in [0.5, 0.6) is 0 Å². The summed E-state index contributed by atoms with van der Waals surface area (Å²) >= 11 is 0. The van der Waals surface area contributed by atoms with Gasteiger partial charge in [-0.3, -0.25) is 4.99 Å². The molecular weight excluding hydrogens is 124 g/mol. The molecule has 10 heavy (non-hydrogen) atoms. The Morgan fingerprint density at radius 2 is 2.30 bits per heavy atom. The Kier molecular flexibility index (Phi) is 5.83. The second kappa shape index (κ2) is 6.33. The molecule has 0 amide bonds. The van der Waals surface area contributed by atoms with E-state index < -0.39 is 0 Å². The fraction of sp³-hybridized carbons (Fsp3) is 0.625. The first-order valence-electron chi connectivity index (χ1n) is 3.65. The maximum atomic E-state index is 3.89. The minimum atomic E-state index is 1.03. The summed E-state index contributed by atoms with van der Waals surface area (Å²) in [4.78, 5) is 5.88. The summed E-state index contributed by atoms with van der Waals surface area (Å²) in [5, 5.41) is 0. The summed E-state index contributed by atoms with van der Waals surface area (Å²) in [6, 6.07) is 0. The Morgan fingerprint density at radius 3 is 2.70 bits per heavy atom. The van der Waals surface area contributed by atoms with Crippen molar-refractivity contribution in [2.24, 2.45) is 4.99 Å². The summed E-state index contributed by atoms with van der Waals surface area (Å²) in [5.41, 5.74) is 0. The van der Waals surface area contributed by atoms with Gasteiger partial charge < -0.3 is 4.90 Å². The zero-order valence-electron chi connectivity index (χ0n) is 6.88. The molecule has 0 aromatic carbocycles. The SMILES string of the molecule is C=CN(C=NC)CCCC. The number of unbranched alkanes of at least 4 members (excludes halogenated alkanes) is 1. The Hall–Kier alpha value is -0.790. The summed E-state index contributed by atoms with van der Waals surface area (Å²) in [5.74, 6) is 0. The van der Waals surface area contributed by atoms with Gasteiger partial charge in [0.05, 0.1) is 6.34 Å². The van der Waals surface area contributed by atoms with Crippen molar-refractivity contribution in [1.29, 1.82) is 0 Å². The van der Waals surface area contributed by atoms with Crippen LogP contribution in [0.4, 0.5) is 0 Å². The zero-order chi connectivity index (χ0) is 7.82. The quantitative estimate of drug-likeness (QED) is 0.420. The van der Waals surface area contributed by atoms with Gasteiger partial charge in [-0.15, -0.1) is 0 Å². The van der Waals surface area contributed by atoms with E-state index in [9.17, 15) is 0 Å². The molecule has 2 nitrogen and oxygen atoms in total. The third-order valence-corrected chi connectivity index (χ3v) is 1.27. The third kappa shape index (κ3) is 4.13. The second-order valence-corrected chi connectivity index (χ2v) is 2.15. The second-order valence-electron chi connectivity index (χ2n) is 2.15. The Labute approximate surface area is 63.3 Å². The molecule has 0 spiro atoms. The fourth-order valence-electron chi connectivity index (χ4n) is 0.685. The third-order valence-electron chi connectivity index (χ3n) is 1.27. The molecule has 0 saturated heterocycles. The van der Waals surface area contributed by atoms with E-state index >= 15 is 0 Å². The van der Waals surface area contributed by atoms with Crippen LogP contribution in [0.3, 0.4) is 0 Å². The van der Waals surface area contributed by atoms with Crippen LogP contribution in [-0.4, -0.2) is 24.8 Å². The lowest BCUT2D eigenvalue weighted by Gasteiger charge is -2.11. The van der Waals surface area contributed by atoms with E-state index in [1.807, 2.05) is 4.90 Å². The highest BCUT2D eigenvalue weighted by Crippen LogP contribution is 1.91. The van der Waals surface area contributed by atoms with Gasteiger partial charge in [0.2, 0.25) is 0 Å². The fourth-order valence-corrected chi connectivity index (χ4v) is 0.685. The van der Waals surface area contributed by atoms with Crippen molar-refractivity contribution < 1.29 is 0 Å². The van der Waals surface area contributed by atoms with Gasteiger partial charge in [-0.25, -0.2) is 0 Å². The van der Waals surface area contributed by atoms with E-state index in [4.69, 9.17) is 0 Å². The predicted octanol–water partition coefficient (Wildman–Crippen LogP) is 1.89. The zero-order valence-corrected chi connectivity index (χ0v) is 6.88. The molecule has 0 atom stereocenters. The van der Waals surface area contributed by atoms with Crippen LogP contribution in [0.25, 0.3) is 0 Å². The van der Waals surface area contributed by atoms with E-state index in [0.717, 1.165) is 6.54 Å². The summed E-state index contributed by atoms with van der Waals surface area (Å²) in [6.07, 6.45) is 5.99. The number of hydrogen-bond acceptors (Lipinski definition) is 1. The smallest absolute Gasteiger partial charge is 0.0885 e. The van der Waals surface area contributed by atoms with Gasteiger partial charge in [-0.1, -0.05) is 19.9 Å². The lowest BCUT2D eigenvalue weighted by molar-refractivity contribution is 0.541. The summed E-state index contributed by atoms with van der Waals surface area (Å²) in [6.45, 7) is 6.86. The van der Waals surface area contributed by atoms with E-state index in [2.05, 4.69) is 18.5 Å². The molecule has 0 aromatic heterocycles. The van der Waals surface area contributed by atoms with Crippen molar-refractivity contribution in [2.75, 3.05) is 13.6 Å². The monoisotopic (exact) mass is 140 g/mol. The summed E-state index contributed by atoms with van der Waals surface area (Å²) in [7, 11) is 1.77. The number of rotatable bonds is 5. The van der Waals surface area contributed by atoms with Crippen molar-refractivity contribution in [2.45, 2.75) is 19.8 Å². The molecule has 0 aliphatic carbocycles. The van der Waals surface area contributed by atoms with Gasteiger partial charge in [0, 0.05) is 13.6 Å². The van der Waals surface area contributed by atoms with Crippen molar-refractivity contribution in [3.8, 4) is 0 Å². The molecule has 0 aliphatic rings. The molecule has 0 heterocycles. The van der Waals surface area contributed by atoms with Crippen LogP contribution in [-0.2, 0) is 0 Å². The van der Waals surface area contributed by atoms with Gasteiger partial charge in [-0.2, -0.15) is 0 Å². The normalized spacial score (nSPS) is 10.2. The van der Waals surface area contributed by atoms with Gasteiger partial charge in [0.25, 0.3) is 0 Å². The first kappa shape index (κ1) is 9.21. The van der Waals surface area contributed by atoms with Crippen LogP contribution >= 0.6 is 0 Å². The largest absolute Gasteiger partial charge is 0.340 e. The van der Waals surface area contributed by atoms with E-state index in [0.29, 0.717) is 0 Å². The molecule has 0 radical (unpaired) electrons. The van der Waals surface area contributed by atoms with Gasteiger partial charge in [-0.05, 0) is 12.6 Å². The molecule has 0 bridgehead atoms. The molecule has 0 N–H and O–H groups in total. The number of hydrogen-bond donors (Lipinski definition) is 0. The molecule has 2 heteroatoms. The first-order chi connectivity index (χ1) is 4.85. The Balaban J connectivity index is 3.49. The minimum absolute atomic E-state index is 1.03. The lowest BCUT2D eigenvalue weighted by Crippen LogP contribution is -2.15. The van der Waals surface area contributed by atoms with Crippen molar-refractivity contribution in [1.82, 2.24) is 4.90 Å². The highest BCUT2D eigenvalue weighted by Gasteiger charge is 1.89. The minimum Gasteiger partial charge on any atom is -0.340 e. The maximum absolute atomic E-state index is 3.89. The van der Waals surface area contributed by atoms with Crippen molar-refractivity contribution in [3.05, 3.63) is 12.8 Å². The number of aliphatic imine (C=N–C) groups is 1. The average Bonchev–Trinajstić information content (AvgIpc) is 1.98. The van der Waals surface area contributed by atoms with E-state index in [-0.39, 0.29) is 0 Å². The topological polar surface area (TPSA) is 15.6 Å². The van der Waals surface area contributed by atoms with Gasteiger partial charge in [0.15, 0.2) is 0 Å². The van der Waals surface area contributed by atoms with Gasteiger partial charge >= 0.3 is 0 Å². The van der Waals surface area contributed by atoms with Gasteiger partial charge in [0.1, 0.15) is 0 Å². The molecule has 0 saturated carbocycles.